The SMILES string of the molecule is COc1ccc(C2=NC34c5c6c7c8c9c%10c(c%11c%12c3c3c5c5c%13c6c6c7c7c9c9c%14c%10c%10c%11c%11c%12c%12c3c3c5c5c%13c%13c6c6c7c9c7c9c%14c%10c%10c%11c%11c%12c3c3c5c5c%13c6c7c6c9c%10c%11c3c56)C84O2)cc1. The average Bonchev–Trinajstić information content (AvgIpc) is 4.30. The van der Waals surface area contributed by atoms with Crippen LogP contribution in [0.4, 0.5) is 0 Å². The molecule has 0 fully saturated rings. The molecule has 0 saturated carbocycles. The quantitative estimate of drug-likeness (QED) is 0.162. The van der Waals surface area contributed by atoms with Crippen molar-refractivity contribution >= 4 is 297 Å². The minimum Gasteiger partial charge on any atom is -0.497 e. The first kappa shape index (κ1) is 26.1. The van der Waals surface area contributed by atoms with Crippen molar-refractivity contribution in [2.24, 2.45) is 4.99 Å². The zero-order chi connectivity index (χ0) is 42.2. The zero-order valence-electron chi connectivity index (χ0n) is 36.1. The molecule has 0 N–H and O–H groups in total. The molecule has 0 atom stereocenters. The fourth-order valence-corrected chi connectivity index (χ4v) is 24.7. The summed E-state index contributed by atoms with van der Waals surface area (Å²) in [6, 6.07) is 8.67. The molecular weight excluding hydrogens is 863 g/mol. The summed E-state index contributed by atoms with van der Waals surface area (Å²) in [6.45, 7) is 0. The number of benzene rings is 19. The number of methoxy groups -OCH3 is 1. The maximum Gasteiger partial charge on any atom is 0.218 e. The number of nitrogens with zero attached hydrogens (tertiary/aromatic N) is 1. The summed E-state index contributed by atoms with van der Waals surface area (Å²) in [7, 11) is 1.77. The third kappa shape index (κ3) is 1.39. The van der Waals surface area contributed by atoms with Gasteiger partial charge in [0, 0.05) is 27.8 Å². The average molecular weight is 870 g/mol. The standard InChI is InChI=1S/C68H7NO2/c1-70-7-4-2-6(3-5-7)66-69-67-62-54-46-36-26-18-10-8-9-12-16-14(10)22-30-24(16)34-28-20(12)21-13(9)17-15-11(8)19(18)27-33-23(15)31-25(17)35-29(21)39-38(28)50-44(34)52-42(30)48(40(46)32(22)26)56(62)58(52)64-60(50)61-51(39)45(35)53-43(31)49-41(33)47(37(27)36)55(54)63(67)57(49)59(53)65(61)68(64,67)71-66/h2-5H,1H3. The lowest BCUT2D eigenvalue weighted by atomic mass is 9.60. The molecule has 296 valence electrons. The van der Waals surface area contributed by atoms with E-state index in [0.29, 0.717) is 0 Å². The van der Waals surface area contributed by atoms with Gasteiger partial charge in [-0.15, -0.1) is 0 Å². The van der Waals surface area contributed by atoms with Crippen LogP contribution in [-0.2, 0) is 15.9 Å². The molecule has 0 saturated heterocycles. The van der Waals surface area contributed by atoms with E-state index in [1.807, 2.05) is 0 Å². The Morgan fingerprint density at radius 3 is 0.676 bits per heavy atom. The monoisotopic (exact) mass is 869 g/mol. The third-order valence-corrected chi connectivity index (χ3v) is 25.0. The van der Waals surface area contributed by atoms with Gasteiger partial charge in [0.05, 0.1) is 7.11 Å². The Morgan fingerprint density at radius 2 is 0.465 bits per heavy atom. The Balaban J connectivity index is 1.14. The van der Waals surface area contributed by atoms with E-state index >= 15 is 0 Å². The predicted octanol–water partition coefficient (Wildman–Crippen LogP) is 17.7. The van der Waals surface area contributed by atoms with E-state index in [1.165, 1.54) is 65.3 Å². The number of aliphatic imine (C=N–C) groups is 1. The van der Waals surface area contributed by atoms with Crippen LogP contribution in [0, 0.1) is 0 Å². The molecule has 4 aliphatic carbocycles. The number of hydrogen-bond acceptors (Lipinski definition) is 3. The highest BCUT2D eigenvalue weighted by molar-refractivity contribution is 6.82. The van der Waals surface area contributed by atoms with Crippen molar-refractivity contribution in [2.75, 3.05) is 7.11 Å². The van der Waals surface area contributed by atoms with Crippen LogP contribution in [0.3, 0.4) is 0 Å². The van der Waals surface area contributed by atoms with Gasteiger partial charge >= 0.3 is 0 Å². The van der Waals surface area contributed by atoms with E-state index in [2.05, 4.69) is 24.3 Å². The molecule has 0 bridgehead atoms. The lowest BCUT2D eigenvalue weighted by Gasteiger charge is -2.46. The van der Waals surface area contributed by atoms with E-state index in [9.17, 15) is 0 Å². The van der Waals surface area contributed by atoms with E-state index in [-0.39, 0.29) is 0 Å². The third-order valence-electron chi connectivity index (χ3n) is 25.0. The maximum atomic E-state index is 8.51. The summed E-state index contributed by atoms with van der Waals surface area (Å²) in [6.07, 6.45) is 0. The molecule has 2 spiro atoms. The molecule has 3 nitrogen and oxygen atoms in total. The minimum atomic E-state index is -0.867. The Labute approximate surface area is 385 Å². The smallest absolute Gasteiger partial charge is 0.218 e. The van der Waals surface area contributed by atoms with Gasteiger partial charge in [-0.2, -0.15) is 0 Å². The van der Waals surface area contributed by atoms with Crippen LogP contribution in [-0.4, -0.2) is 13.0 Å². The lowest BCUT2D eigenvalue weighted by molar-refractivity contribution is 0.0712. The Bertz CT molecular complexity index is 7300. The van der Waals surface area contributed by atoms with Crippen LogP contribution in [0.2, 0.25) is 0 Å². The topological polar surface area (TPSA) is 30.8 Å². The Hall–Kier alpha value is -9.05. The van der Waals surface area contributed by atoms with Crippen LogP contribution in [0.1, 0.15) is 27.8 Å². The largest absolute Gasteiger partial charge is 0.497 e. The fourth-order valence-electron chi connectivity index (χ4n) is 24.7. The molecule has 29 aromatic carbocycles. The van der Waals surface area contributed by atoms with Crippen LogP contribution in [0.15, 0.2) is 29.3 Å². The minimum absolute atomic E-state index is 0.794. The van der Waals surface area contributed by atoms with Gasteiger partial charge in [0.2, 0.25) is 5.90 Å². The summed E-state index contributed by atoms with van der Waals surface area (Å²) >= 11 is 0. The van der Waals surface area contributed by atoms with Gasteiger partial charge in [-0.05, 0) is 315 Å². The first-order chi connectivity index (χ1) is 35.3. The summed E-state index contributed by atoms with van der Waals surface area (Å²) in [4.78, 5) is 6.56. The summed E-state index contributed by atoms with van der Waals surface area (Å²) in [5.74, 6) is 1.65. The molecule has 1 aliphatic heterocycles. The van der Waals surface area contributed by atoms with Gasteiger partial charge in [-0.3, -0.25) is 0 Å². The second kappa shape index (κ2) is 5.88. The van der Waals surface area contributed by atoms with Gasteiger partial charge in [-0.1, -0.05) is 0 Å². The number of hydrogen-bond donors (Lipinski definition) is 0. The van der Waals surface area contributed by atoms with Gasteiger partial charge in [-0.25, -0.2) is 4.99 Å². The van der Waals surface area contributed by atoms with E-state index in [4.69, 9.17) is 14.5 Å². The van der Waals surface area contributed by atoms with Crippen molar-refractivity contribution in [1.82, 2.24) is 0 Å². The van der Waals surface area contributed by atoms with Crippen LogP contribution in [0.25, 0.3) is 291 Å². The fraction of sp³-hybridized carbons (Fsp3) is 0.0441. The molecule has 0 amide bonds. The lowest BCUT2D eigenvalue weighted by Crippen LogP contribution is -2.49. The molecule has 0 aromatic heterocycles. The van der Waals surface area contributed by atoms with Gasteiger partial charge in [0.15, 0.2) is 11.1 Å². The molecule has 29 aromatic rings. The van der Waals surface area contributed by atoms with Gasteiger partial charge < -0.3 is 9.47 Å². The number of ether oxygens (including phenoxy) is 2. The zero-order valence-corrected chi connectivity index (χ0v) is 36.1. The van der Waals surface area contributed by atoms with Crippen molar-refractivity contribution in [3.63, 3.8) is 0 Å². The summed E-state index contributed by atoms with van der Waals surface area (Å²) < 4.78 is 14.3. The van der Waals surface area contributed by atoms with E-state index < -0.39 is 11.1 Å². The normalized spacial score (nSPS) is 22.2. The van der Waals surface area contributed by atoms with Gasteiger partial charge in [0.25, 0.3) is 0 Å². The predicted molar refractivity (Wildman–Crippen MR) is 294 cm³/mol. The molecule has 5 aliphatic rings. The van der Waals surface area contributed by atoms with Crippen molar-refractivity contribution in [3.05, 3.63) is 52.1 Å². The maximum absolute atomic E-state index is 8.51. The van der Waals surface area contributed by atoms with Crippen molar-refractivity contribution in [2.45, 2.75) is 11.1 Å². The highest BCUT2D eigenvalue weighted by atomic mass is 16.5. The highest BCUT2D eigenvalue weighted by Gasteiger charge is 2.75. The molecule has 71 heavy (non-hydrogen) atoms. The van der Waals surface area contributed by atoms with Crippen molar-refractivity contribution in [3.8, 4) is 5.75 Å². The number of rotatable bonds is 2. The molecule has 1 heterocycles. The van der Waals surface area contributed by atoms with E-state index in [0.717, 1.165) is 17.2 Å². The molecule has 34 rings (SSSR count). The molecule has 3 heteroatoms. The van der Waals surface area contributed by atoms with Crippen molar-refractivity contribution in [1.29, 1.82) is 0 Å². The highest BCUT2D eigenvalue weighted by Crippen LogP contribution is 2.85. The van der Waals surface area contributed by atoms with Crippen LogP contribution >= 0.6 is 0 Å². The first-order valence-electron chi connectivity index (χ1n) is 26.0. The molecule has 0 unspecified atom stereocenters. The summed E-state index contributed by atoms with van der Waals surface area (Å²) in [5.41, 5.74) is 5.31. The van der Waals surface area contributed by atoms with Crippen LogP contribution in [0.5, 0.6) is 5.75 Å². The molecular formula is C68H7NO2. The first-order valence-corrected chi connectivity index (χ1v) is 26.0. The van der Waals surface area contributed by atoms with E-state index in [1.54, 1.807) is 255 Å². The Morgan fingerprint density at radius 1 is 0.268 bits per heavy atom. The van der Waals surface area contributed by atoms with Gasteiger partial charge in [0.1, 0.15) is 5.75 Å². The van der Waals surface area contributed by atoms with Crippen molar-refractivity contribution < 1.29 is 9.47 Å². The second-order valence-electron chi connectivity index (χ2n) is 25.4. The second-order valence-corrected chi connectivity index (χ2v) is 25.4. The van der Waals surface area contributed by atoms with Crippen LogP contribution < -0.4 is 4.74 Å². The summed E-state index contributed by atoms with van der Waals surface area (Å²) in [5, 5.41) is 85.9. The molecule has 0 radical (unpaired) electrons. The Kier molecular flexibility index (Phi) is 2.16.